The fourth-order valence-electron chi connectivity index (χ4n) is 2.18. The van der Waals surface area contributed by atoms with Crippen LogP contribution in [0, 0.1) is 0 Å². The first-order valence-electron chi connectivity index (χ1n) is 9.15. The maximum absolute atomic E-state index is 9.50. The van der Waals surface area contributed by atoms with Gasteiger partial charge < -0.3 is 14.6 Å². The van der Waals surface area contributed by atoms with Crippen LogP contribution < -0.4 is 0 Å². The van der Waals surface area contributed by atoms with Gasteiger partial charge in [-0.15, -0.1) is 0 Å². The Bertz CT molecular complexity index is 187. The molecule has 0 saturated carbocycles. The lowest BCUT2D eigenvalue weighted by Crippen LogP contribution is -2.18. The van der Waals surface area contributed by atoms with Gasteiger partial charge in [-0.05, 0) is 38.5 Å². The first kappa shape index (κ1) is 20.9. The van der Waals surface area contributed by atoms with Crippen molar-refractivity contribution in [2.24, 2.45) is 0 Å². The minimum Gasteiger partial charge on any atom is -0.393 e. The predicted molar refractivity (Wildman–Crippen MR) is 89.5 cm³/mol. The molecule has 1 unspecified atom stereocenters. The van der Waals surface area contributed by atoms with Crippen molar-refractivity contribution in [3.63, 3.8) is 0 Å². The Balaban J connectivity index is 3.63. The molecule has 0 aromatic carbocycles. The summed E-state index contributed by atoms with van der Waals surface area (Å²) in [5.74, 6) is 0. The van der Waals surface area contributed by atoms with Gasteiger partial charge in [0.1, 0.15) is 0 Å². The normalized spacial score (nSPS) is 13.0. The van der Waals surface area contributed by atoms with E-state index >= 15 is 0 Å². The third-order valence-corrected chi connectivity index (χ3v) is 3.80. The van der Waals surface area contributed by atoms with Gasteiger partial charge in [-0.3, -0.25) is 0 Å². The van der Waals surface area contributed by atoms with Crippen LogP contribution in [0.5, 0.6) is 0 Å². The molecule has 0 amide bonds. The molecule has 0 aliphatic rings. The molecule has 21 heavy (non-hydrogen) atoms. The van der Waals surface area contributed by atoms with E-state index < -0.39 is 0 Å². The van der Waals surface area contributed by atoms with Crippen molar-refractivity contribution in [2.75, 3.05) is 13.2 Å². The molecule has 1 N–H and O–H groups in total. The molecule has 0 saturated heterocycles. The average Bonchev–Trinajstić information content (AvgIpc) is 2.50. The standard InChI is InChI=1S/C18H38O3/c1-4-7-15-20-18(21-16-8-5-2)14-12-10-9-11-13-17(19)6-3/h17-19H,4-16H2,1-3H3. The van der Waals surface area contributed by atoms with Gasteiger partial charge in [-0.2, -0.15) is 0 Å². The van der Waals surface area contributed by atoms with E-state index in [4.69, 9.17) is 9.47 Å². The molecule has 3 nitrogen and oxygen atoms in total. The second-order valence-electron chi connectivity index (χ2n) is 5.93. The van der Waals surface area contributed by atoms with Crippen molar-refractivity contribution in [2.45, 2.75) is 104 Å². The number of aliphatic hydroxyl groups excluding tert-OH is 1. The monoisotopic (exact) mass is 302 g/mol. The number of hydrogen-bond acceptors (Lipinski definition) is 3. The van der Waals surface area contributed by atoms with Crippen LogP contribution >= 0.6 is 0 Å². The number of aliphatic hydroxyl groups is 1. The van der Waals surface area contributed by atoms with Crippen molar-refractivity contribution >= 4 is 0 Å². The highest BCUT2D eigenvalue weighted by Gasteiger charge is 2.09. The molecule has 0 aliphatic heterocycles. The Morgan fingerprint density at radius 1 is 0.714 bits per heavy atom. The van der Waals surface area contributed by atoms with Gasteiger partial charge in [0.15, 0.2) is 6.29 Å². The summed E-state index contributed by atoms with van der Waals surface area (Å²) in [6, 6.07) is 0. The van der Waals surface area contributed by atoms with E-state index in [0.29, 0.717) is 0 Å². The lowest BCUT2D eigenvalue weighted by Gasteiger charge is -2.18. The fraction of sp³-hybridized carbons (Fsp3) is 1.00. The van der Waals surface area contributed by atoms with Gasteiger partial charge in [0.2, 0.25) is 0 Å². The lowest BCUT2D eigenvalue weighted by molar-refractivity contribution is -0.147. The Labute approximate surface area is 132 Å². The predicted octanol–water partition coefficient (Wildman–Crippen LogP) is 5.06. The van der Waals surface area contributed by atoms with Crippen molar-refractivity contribution in [3.05, 3.63) is 0 Å². The Morgan fingerprint density at radius 2 is 1.24 bits per heavy atom. The first-order valence-corrected chi connectivity index (χ1v) is 9.15. The topological polar surface area (TPSA) is 38.7 Å². The number of ether oxygens (including phenoxy) is 2. The van der Waals surface area contributed by atoms with Gasteiger partial charge in [-0.25, -0.2) is 0 Å². The number of rotatable bonds is 16. The van der Waals surface area contributed by atoms with Gasteiger partial charge in [0, 0.05) is 13.2 Å². The van der Waals surface area contributed by atoms with Crippen molar-refractivity contribution in [1.29, 1.82) is 0 Å². The third-order valence-electron chi connectivity index (χ3n) is 3.80. The van der Waals surface area contributed by atoms with E-state index in [1.165, 1.54) is 25.7 Å². The SMILES string of the molecule is CCCCOC(CCCCCCC(O)CC)OCCCC. The van der Waals surface area contributed by atoms with Crippen LogP contribution in [0.4, 0.5) is 0 Å². The summed E-state index contributed by atoms with van der Waals surface area (Å²) < 4.78 is 11.7. The smallest absolute Gasteiger partial charge is 0.157 e. The van der Waals surface area contributed by atoms with Gasteiger partial charge >= 0.3 is 0 Å². The minimum absolute atomic E-state index is 0.00988. The molecule has 1 atom stereocenters. The summed E-state index contributed by atoms with van der Waals surface area (Å²) in [6.07, 6.45) is 12.0. The van der Waals surface area contributed by atoms with Crippen molar-refractivity contribution < 1.29 is 14.6 Å². The van der Waals surface area contributed by atoms with E-state index in [1.54, 1.807) is 0 Å². The van der Waals surface area contributed by atoms with Crippen LogP contribution in [0.2, 0.25) is 0 Å². The number of hydrogen-bond donors (Lipinski definition) is 1. The first-order chi connectivity index (χ1) is 10.2. The largest absolute Gasteiger partial charge is 0.393 e. The molecule has 0 spiro atoms. The summed E-state index contributed by atoms with van der Waals surface area (Å²) in [4.78, 5) is 0. The summed E-state index contributed by atoms with van der Waals surface area (Å²) >= 11 is 0. The molecule has 0 radical (unpaired) electrons. The highest BCUT2D eigenvalue weighted by molar-refractivity contribution is 4.54. The molecule has 3 heteroatoms. The molecular weight excluding hydrogens is 264 g/mol. The van der Waals surface area contributed by atoms with Gasteiger partial charge in [0.25, 0.3) is 0 Å². The molecule has 0 heterocycles. The van der Waals surface area contributed by atoms with Crippen LogP contribution in [0.3, 0.4) is 0 Å². The summed E-state index contributed by atoms with van der Waals surface area (Å²) in [7, 11) is 0. The molecule has 0 rings (SSSR count). The molecule has 0 aliphatic carbocycles. The van der Waals surface area contributed by atoms with Crippen LogP contribution in [-0.4, -0.2) is 30.7 Å². The van der Waals surface area contributed by atoms with E-state index in [9.17, 15) is 5.11 Å². The second kappa shape index (κ2) is 16.3. The van der Waals surface area contributed by atoms with Crippen LogP contribution in [0.1, 0.15) is 91.4 Å². The minimum atomic E-state index is -0.104. The Morgan fingerprint density at radius 3 is 1.71 bits per heavy atom. The quantitative estimate of drug-likeness (QED) is 0.320. The number of unbranched alkanes of at least 4 members (excludes halogenated alkanes) is 5. The third kappa shape index (κ3) is 14.6. The van der Waals surface area contributed by atoms with Crippen molar-refractivity contribution in [1.82, 2.24) is 0 Å². The molecule has 0 aromatic heterocycles. The summed E-state index contributed by atoms with van der Waals surface area (Å²) in [5.41, 5.74) is 0. The molecule has 0 fully saturated rings. The highest BCUT2D eigenvalue weighted by Crippen LogP contribution is 2.13. The van der Waals surface area contributed by atoms with Gasteiger partial charge in [-0.1, -0.05) is 52.9 Å². The van der Waals surface area contributed by atoms with E-state index in [0.717, 1.165) is 58.2 Å². The van der Waals surface area contributed by atoms with Crippen LogP contribution in [0.25, 0.3) is 0 Å². The van der Waals surface area contributed by atoms with Crippen molar-refractivity contribution in [3.8, 4) is 0 Å². The van der Waals surface area contributed by atoms with Crippen LogP contribution in [-0.2, 0) is 9.47 Å². The molecule has 128 valence electrons. The molecular formula is C18H38O3. The van der Waals surface area contributed by atoms with Gasteiger partial charge in [0.05, 0.1) is 6.10 Å². The summed E-state index contributed by atoms with van der Waals surface area (Å²) in [5, 5.41) is 9.50. The lowest BCUT2D eigenvalue weighted by atomic mass is 10.1. The van der Waals surface area contributed by atoms with E-state index in [1.807, 2.05) is 6.92 Å². The zero-order valence-corrected chi connectivity index (χ0v) is 14.6. The van der Waals surface area contributed by atoms with E-state index in [2.05, 4.69) is 13.8 Å². The fourth-order valence-corrected chi connectivity index (χ4v) is 2.18. The summed E-state index contributed by atoms with van der Waals surface area (Å²) in [6.45, 7) is 8.03. The maximum atomic E-state index is 9.50. The zero-order chi connectivity index (χ0) is 15.8. The maximum Gasteiger partial charge on any atom is 0.157 e. The Hall–Kier alpha value is -0.120. The molecule has 0 bridgehead atoms. The van der Waals surface area contributed by atoms with E-state index in [-0.39, 0.29) is 12.4 Å². The Kier molecular flexibility index (Phi) is 16.2. The second-order valence-corrected chi connectivity index (χ2v) is 5.93. The molecule has 0 aromatic rings. The average molecular weight is 302 g/mol. The zero-order valence-electron chi connectivity index (χ0n) is 14.6. The highest BCUT2D eigenvalue weighted by atomic mass is 16.7. The van der Waals surface area contributed by atoms with Crippen LogP contribution in [0.15, 0.2) is 0 Å².